The van der Waals surface area contributed by atoms with Gasteiger partial charge < -0.3 is 21.3 Å². The molecule has 0 aromatic heterocycles. The molecule has 7 amide bonds. The summed E-state index contributed by atoms with van der Waals surface area (Å²) in [5.74, 6) is -2.47. The molecular weight excluding hydrogens is 997 g/mol. The van der Waals surface area contributed by atoms with Crippen molar-refractivity contribution in [3.8, 4) is 0 Å². The fraction of sp³-hybridized carbons (Fsp3) is 0.648. The summed E-state index contributed by atoms with van der Waals surface area (Å²) in [5.41, 5.74) is 3.08. The first kappa shape index (κ1) is 56.3. The number of anilines is 1. The summed E-state index contributed by atoms with van der Waals surface area (Å²) < 4.78 is 27.3. The molecule has 0 bridgehead atoms. The highest BCUT2D eigenvalue weighted by Crippen LogP contribution is 2.39. The Bertz CT molecular complexity index is 2560. The first-order valence-electron chi connectivity index (χ1n) is 27.3. The number of sulfonamides is 1. The number of carbonyl (C=O) groups excluding carboxylic acids is 7. The fourth-order valence-corrected chi connectivity index (χ4v) is 14.7. The van der Waals surface area contributed by atoms with Crippen molar-refractivity contribution >= 4 is 68.8 Å². The molecule has 8 atom stereocenters. The first-order chi connectivity index (χ1) is 35.9. The van der Waals surface area contributed by atoms with Crippen molar-refractivity contribution in [2.75, 3.05) is 57.4 Å². The average molecular weight is 1080 g/mol. The number of piperidine rings is 2. The SMILES string of the molecule is CC1C(C(=O)NCC(=O)NC2NC(c3cccc(C4CCN(C5CCCCCC5)C(N(C)CC(=O)NCCCCCNc5cccc6c5C(=O)N(C5CCC(=O)NC5=O)C6=O)C4)c3)CS2)CN(S(=O)(=O)C(C)C)C1C. The van der Waals surface area contributed by atoms with Gasteiger partial charge in [0, 0.05) is 62.2 Å². The van der Waals surface area contributed by atoms with E-state index in [1.165, 1.54) is 48.4 Å². The zero-order chi connectivity index (χ0) is 53.6. The molecule has 6 N–H and O–H groups in total. The van der Waals surface area contributed by atoms with Gasteiger partial charge in [0.2, 0.25) is 39.6 Å². The largest absolute Gasteiger partial charge is 0.384 e. The first-order valence-corrected chi connectivity index (χ1v) is 29.8. The minimum atomic E-state index is -3.52. The molecule has 6 aliphatic rings. The van der Waals surface area contributed by atoms with E-state index >= 15 is 0 Å². The predicted molar refractivity (Wildman–Crippen MR) is 288 cm³/mol. The standard InChI is InChI=1S/C54H78N10O9S2/c1-33(2)75(72,73)63-30-41(34(3)35(63)4)50(68)57-29-46(66)60-54-58-43(32-74-54)38-16-13-15-36(27-38)37-23-26-62(39-17-9-6-7-10-18-39)48(28-37)61(5)31-47(67)56-25-12-8-11-24-55-42-20-14-19-40-49(42)53(71)64(52(40)70)44-21-22-45(65)59-51(44)69/h13-16,19-20,27,33-35,37,39,41,43-44,48,54-55,58H,6-12,17-18,21-26,28-32H2,1-5H3,(H,56,67)(H,57,68)(H,60,66)(H,59,65,69). The van der Waals surface area contributed by atoms with Crippen LogP contribution < -0.4 is 31.9 Å². The third kappa shape index (κ3) is 13.1. The molecule has 0 spiro atoms. The van der Waals surface area contributed by atoms with Gasteiger partial charge in [-0.15, -0.1) is 11.8 Å². The van der Waals surface area contributed by atoms with Crippen molar-refractivity contribution in [2.24, 2.45) is 11.8 Å². The lowest BCUT2D eigenvalue weighted by atomic mass is 9.85. The summed E-state index contributed by atoms with van der Waals surface area (Å²) in [6, 6.07) is 12.9. The van der Waals surface area contributed by atoms with E-state index in [-0.39, 0.29) is 91.0 Å². The molecular formula is C54H78N10O9S2. The molecule has 0 radical (unpaired) electrons. The van der Waals surface area contributed by atoms with Gasteiger partial charge in [0.25, 0.3) is 11.8 Å². The number of thioether (sulfide) groups is 1. The van der Waals surface area contributed by atoms with E-state index in [4.69, 9.17) is 0 Å². The van der Waals surface area contributed by atoms with Gasteiger partial charge in [0.1, 0.15) is 11.5 Å². The minimum Gasteiger partial charge on any atom is -0.384 e. The summed E-state index contributed by atoms with van der Waals surface area (Å²) in [6.07, 6.45) is 11.9. The highest BCUT2D eigenvalue weighted by atomic mass is 32.2. The molecule has 21 heteroatoms. The molecule has 1 saturated carbocycles. The van der Waals surface area contributed by atoms with Crippen LogP contribution in [0.4, 0.5) is 5.69 Å². The number of unbranched alkanes of at least 4 members (excludes halogenated alkanes) is 2. The lowest BCUT2D eigenvalue weighted by molar-refractivity contribution is -0.136. The molecule has 5 heterocycles. The Morgan fingerprint density at radius 3 is 2.35 bits per heavy atom. The number of rotatable bonds is 20. The summed E-state index contributed by atoms with van der Waals surface area (Å²) in [4.78, 5) is 96.6. The van der Waals surface area contributed by atoms with Gasteiger partial charge in [-0.1, -0.05) is 62.9 Å². The Morgan fingerprint density at radius 1 is 0.867 bits per heavy atom. The van der Waals surface area contributed by atoms with Crippen LogP contribution in [-0.4, -0.2) is 156 Å². The van der Waals surface area contributed by atoms with E-state index in [1.54, 1.807) is 43.8 Å². The van der Waals surface area contributed by atoms with Gasteiger partial charge in [0.05, 0.1) is 41.6 Å². The lowest BCUT2D eigenvalue weighted by Crippen LogP contribution is -2.56. The second kappa shape index (κ2) is 25.0. The Labute approximate surface area is 446 Å². The molecule has 1 aliphatic carbocycles. The molecule has 5 aliphatic heterocycles. The average Bonchev–Trinajstić information content (AvgIpc) is 3.97. The monoisotopic (exact) mass is 1070 g/mol. The Kier molecular flexibility index (Phi) is 18.8. The predicted octanol–water partition coefficient (Wildman–Crippen LogP) is 4.23. The maximum absolute atomic E-state index is 13.5. The number of imide groups is 2. The van der Waals surface area contributed by atoms with E-state index < -0.39 is 50.9 Å². The number of nitrogens with zero attached hydrogens (tertiary/aromatic N) is 4. The van der Waals surface area contributed by atoms with Crippen molar-refractivity contribution in [3.05, 3.63) is 64.7 Å². The van der Waals surface area contributed by atoms with Gasteiger partial charge in [-0.3, -0.25) is 58.9 Å². The van der Waals surface area contributed by atoms with Crippen LogP contribution in [0.2, 0.25) is 0 Å². The van der Waals surface area contributed by atoms with Crippen molar-refractivity contribution < 1.29 is 42.0 Å². The number of hydrogen-bond acceptors (Lipinski definition) is 14. The van der Waals surface area contributed by atoms with E-state index in [0.29, 0.717) is 30.7 Å². The quantitative estimate of drug-likeness (QED) is 0.0619. The van der Waals surface area contributed by atoms with Gasteiger partial charge >= 0.3 is 0 Å². The Balaban J connectivity index is 0.789. The van der Waals surface area contributed by atoms with Crippen LogP contribution in [0.25, 0.3) is 0 Å². The zero-order valence-corrected chi connectivity index (χ0v) is 45.9. The maximum Gasteiger partial charge on any atom is 0.264 e. The zero-order valence-electron chi connectivity index (χ0n) is 44.2. The van der Waals surface area contributed by atoms with Gasteiger partial charge in [-0.2, -0.15) is 4.31 Å². The van der Waals surface area contributed by atoms with E-state index in [0.717, 1.165) is 54.9 Å². The van der Waals surface area contributed by atoms with Crippen molar-refractivity contribution in [3.63, 3.8) is 0 Å². The summed E-state index contributed by atoms with van der Waals surface area (Å²) in [7, 11) is -1.45. The minimum absolute atomic E-state index is 0.0103. The Morgan fingerprint density at radius 2 is 1.60 bits per heavy atom. The Hall–Kier alpha value is -4.93. The van der Waals surface area contributed by atoms with Crippen LogP contribution in [0.5, 0.6) is 0 Å². The summed E-state index contributed by atoms with van der Waals surface area (Å²) >= 11 is 1.61. The maximum atomic E-state index is 13.5. The van der Waals surface area contributed by atoms with Crippen LogP contribution >= 0.6 is 11.8 Å². The van der Waals surface area contributed by atoms with Crippen LogP contribution in [0.3, 0.4) is 0 Å². The third-order valence-electron chi connectivity index (χ3n) is 16.5. The van der Waals surface area contributed by atoms with E-state index in [2.05, 4.69) is 73.0 Å². The van der Waals surface area contributed by atoms with Gasteiger partial charge in [0.15, 0.2) is 0 Å². The second-order valence-electron chi connectivity index (χ2n) is 21.8. The molecule has 75 heavy (non-hydrogen) atoms. The van der Waals surface area contributed by atoms with Crippen molar-refractivity contribution in [1.29, 1.82) is 0 Å². The highest BCUT2D eigenvalue weighted by molar-refractivity contribution is 8.00. The number of likely N-dealkylation sites (N-methyl/N-ethyl adjacent to an activating group) is 1. The topological polar surface area (TPSA) is 239 Å². The number of benzene rings is 2. The lowest BCUT2D eigenvalue weighted by Gasteiger charge is -2.47. The smallest absolute Gasteiger partial charge is 0.264 e. The van der Waals surface area contributed by atoms with Crippen molar-refractivity contribution in [1.82, 2.24) is 45.6 Å². The molecule has 4 saturated heterocycles. The third-order valence-corrected chi connectivity index (χ3v) is 20.0. The number of nitrogens with one attached hydrogen (secondary N) is 6. The molecule has 8 rings (SSSR count). The van der Waals surface area contributed by atoms with Crippen LogP contribution in [0, 0.1) is 11.8 Å². The number of hydrogen-bond donors (Lipinski definition) is 6. The van der Waals surface area contributed by atoms with Gasteiger partial charge in [-0.05, 0) is 114 Å². The highest BCUT2D eigenvalue weighted by Gasteiger charge is 2.47. The normalized spacial score (nSPS) is 27.1. The molecule has 5 fully saturated rings. The van der Waals surface area contributed by atoms with Crippen molar-refractivity contribution in [2.45, 2.75) is 158 Å². The van der Waals surface area contributed by atoms with E-state index in [1.807, 2.05) is 13.8 Å². The molecule has 19 nitrogen and oxygen atoms in total. The van der Waals surface area contributed by atoms with E-state index in [9.17, 15) is 42.0 Å². The van der Waals surface area contributed by atoms with Crippen LogP contribution in [0.15, 0.2) is 42.5 Å². The fourth-order valence-electron chi connectivity index (χ4n) is 12.0. The molecule has 2 aromatic rings. The van der Waals surface area contributed by atoms with Crippen LogP contribution in [0.1, 0.15) is 155 Å². The molecule has 2 aromatic carbocycles. The molecule has 8 unspecified atom stereocenters. The van der Waals surface area contributed by atoms with Crippen LogP contribution in [-0.2, 0) is 34.0 Å². The number of amides is 7. The van der Waals surface area contributed by atoms with Gasteiger partial charge in [-0.25, -0.2) is 8.42 Å². The summed E-state index contributed by atoms with van der Waals surface area (Å²) in [5, 5.41) is 17.4. The number of fused-ring (bicyclic) bond motifs is 1. The number of carbonyl (C=O) groups is 7. The second-order valence-corrected chi connectivity index (χ2v) is 25.4. The number of likely N-dealkylation sites (tertiary alicyclic amines) is 1. The molecule has 410 valence electrons. The summed E-state index contributed by atoms with van der Waals surface area (Å²) in [6.45, 7) is 9.21.